The number of esters is 1. The van der Waals surface area contributed by atoms with Crippen molar-refractivity contribution in [2.24, 2.45) is 0 Å². The molecular weight excluding hydrogens is 182 g/mol. The predicted molar refractivity (Wildman–Crippen MR) is 48.9 cm³/mol. The highest BCUT2D eigenvalue weighted by molar-refractivity contribution is 5.98. The molecule has 0 radical (unpaired) electrons. The average molecular weight is 191 g/mol. The fourth-order valence-electron chi connectivity index (χ4n) is 1.44. The van der Waals surface area contributed by atoms with E-state index < -0.39 is 0 Å². The van der Waals surface area contributed by atoms with Crippen LogP contribution in [0.1, 0.15) is 22.8 Å². The van der Waals surface area contributed by atoms with E-state index >= 15 is 0 Å². The van der Waals surface area contributed by atoms with E-state index in [1.54, 1.807) is 18.2 Å². The number of hydrogen-bond donors (Lipinski definition) is 1. The second-order valence-corrected chi connectivity index (χ2v) is 3.10. The molecule has 14 heavy (non-hydrogen) atoms. The minimum absolute atomic E-state index is 0.0747. The molecule has 1 amide bonds. The molecular formula is C10H9NO3. The highest BCUT2D eigenvalue weighted by Crippen LogP contribution is 2.21. The second kappa shape index (κ2) is 3.14. The largest absolute Gasteiger partial charge is 0.427 e. The number of benzene rings is 1. The molecule has 0 atom stereocenters. The molecule has 0 unspecified atom stereocenters. The molecule has 0 spiro atoms. The lowest BCUT2D eigenvalue weighted by Crippen LogP contribution is -2.12. The maximum Gasteiger partial charge on any atom is 0.308 e. The van der Waals surface area contributed by atoms with E-state index in [9.17, 15) is 9.59 Å². The van der Waals surface area contributed by atoms with E-state index in [2.05, 4.69) is 5.32 Å². The van der Waals surface area contributed by atoms with Gasteiger partial charge in [-0.1, -0.05) is 0 Å². The summed E-state index contributed by atoms with van der Waals surface area (Å²) in [7, 11) is 0. The Morgan fingerprint density at radius 2 is 2.29 bits per heavy atom. The van der Waals surface area contributed by atoms with Gasteiger partial charge in [0.2, 0.25) is 0 Å². The van der Waals surface area contributed by atoms with E-state index in [1.807, 2.05) is 0 Å². The quantitative estimate of drug-likeness (QED) is 0.529. The van der Waals surface area contributed by atoms with Crippen LogP contribution in [0.25, 0.3) is 0 Å². The average Bonchev–Trinajstić information content (AvgIpc) is 2.46. The zero-order valence-corrected chi connectivity index (χ0v) is 7.66. The summed E-state index contributed by atoms with van der Waals surface area (Å²) in [5.41, 5.74) is 1.52. The highest BCUT2D eigenvalue weighted by Gasteiger charge is 2.18. The normalized spacial score (nSPS) is 13.4. The van der Waals surface area contributed by atoms with Gasteiger partial charge in [-0.2, -0.15) is 0 Å². The molecule has 4 nitrogen and oxygen atoms in total. The van der Waals surface area contributed by atoms with Crippen LogP contribution >= 0.6 is 0 Å². The van der Waals surface area contributed by atoms with Gasteiger partial charge in [0.25, 0.3) is 5.91 Å². The van der Waals surface area contributed by atoms with Crippen molar-refractivity contribution in [3.8, 4) is 5.75 Å². The van der Waals surface area contributed by atoms with E-state index in [0.29, 0.717) is 17.9 Å². The molecule has 1 aliphatic heterocycles. The molecule has 72 valence electrons. The molecule has 1 aromatic rings. The van der Waals surface area contributed by atoms with Gasteiger partial charge in [-0.25, -0.2) is 0 Å². The highest BCUT2D eigenvalue weighted by atomic mass is 16.5. The molecule has 0 fully saturated rings. The van der Waals surface area contributed by atoms with Gasteiger partial charge in [-0.05, 0) is 23.8 Å². The zero-order valence-electron chi connectivity index (χ0n) is 7.66. The van der Waals surface area contributed by atoms with Crippen molar-refractivity contribution in [3.05, 3.63) is 29.3 Å². The molecule has 1 N–H and O–H groups in total. The van der Waals surface area contributed by atoms with Crippen molar-refractivity contribution in [3.63, 3.8) is 0 Å². The third-order valence-corrected chi connectivity index (χ3v) is 2.02. The molecule has 0 aliphatic carbocycles. The van der Waals surface area contributed by atoms with Gasteiger partial charge in [0.1, 0.15) is 5.75 Å². The minimum atomic E-state index is -0.359. The van der Waals surface area contributed by atoms with Crippen molar-refractivity contribution >= 4 is 11.9 Å². The topological polar surface area (TPSA) is 55.4 Å². The predicted octanol–water partition coefficient (Wildman–Crippen LogP) is 0.855. The lowest BCUT2D eigenvalue weighted by atomic mass is 10.1. The molecule has 2 rings (SSSR count). The Morgan fingerprint density at radius 1 is 1.50 bits per heavy atom. The summed E-state index contributed by atoms with van der Waals surface area (Å²) in [6.07, 6.45) is 0. The number of rotatable bonds is 1. The first-order chi connectivity index (χ1) is 6.66. The van der Waals surface area contributed by atoms with Crippen LogP contribution in [0.4, 0.5) is 0 Å². The Bertz CT molecular complexity index is 412. The van der Waals surface area contributed by atoms with Gasteiger partial charge >= 0.3 is 5.97 Å². The van der Waals surface area contributed by atoms with Crippen molar-refractivity contribution in [1.29, 1.82) is 0 Å². The lowest BCUT2D eigenvalue weighted by Gasteiger charge is -2.02. The SMILES string of the molecule is CC(=O)Oc1ccc2c(c1)CNC2=O. The Balaban J connectivity index is 2.32. The molecule has 0 aromatic heterocycles. The van der Waals surface area contributed by atoms with Crippen LogP contribution in [0.3, 0.4) is 0 Å². The number of carbonyl (C=O) groups excluding carboxylic acids is 2. The van der Waals surface area contributed by atoms with Crippen molar-refractivity contribution in [2.75, 3.05) is 0 Å². The Labute approximate surface area is 80.9 Å². The molecule has 1 aromatic carbocycles. The van der Waals surface area contributed by atoms with Crippen LogP contribution in [0.5, 0.6) is 5.75 Å². The van der Waals surface area contributed by atoms with Crippen LogP contribution in [0.2, 0.25) is 0 Å². The van der Waals surface area contributed by atoms with Gasteiger partial charge in [0.05, 0.1) is 0 Å². The van der Waals surface area contributed by atoms with E-state index in [-0.39, 0.29) is 11.9 Å². The standard InChI is InChI=1S/C10H9NO3/c1-6(12)14-8-2-3-9-7(4-8)5-11-10(9)13/h2-4H,5H2,1H3,(H,11,13). The Hall–Kier alpha value is -1.84. The molecule has 0 saturated heterocycles. The summed E-state index contributed by atoms with van der Waals surface area (Å²) in [5.74, 6) is 0.0457. The van der Waals surface area contributed by atoms with Gasteiger partial charge in [0.15, 0.2) is 0 Å². The third kappa shape index (κ3) is 1.46. The molecule has 1 heterocycles. The van der Waals surface area contributed by atoms with Gasteiger partial charge < -0.3 is 10.1 Å². The van der Waals surface area contributed by atoms with Crippen LogP contribution in [0, 0.1) is 0 Å². The maximum absolute atomic E-state index is 11.2. The van der Waals surface area contributed by atoms with Crippen LogP contribution < -0.4 is 10.1 Å². The first-order valence-electron chi connectivity index (χ1n) is 4.26. The van der Waals surface area contributed by atoms with Crippen LogP contribution in [-0.2, 0) is 11.3 Å². The number of amides is 1. The Morgan fingerprint density at radius 3 is 3.00 bits per heavy atom. The van der Waals surface area contributed by atoms with Crippen LogP contribution in [0.15, 0.2) is 18.2 Å². The summed E-state index contributed by atoms with van der Waals surface area (Å²) < 4.78 is 4.90. The van der Waals surface area contributed by atoms with Crippen molar-refractivity contribution in [2.45, 2.75) is 13.5 Å². The summed E-state index contributed by atoms with van der Waals surface area (Å²) in [4.78, 5) is 21.9. The third-order valence-electron chi connectivity index (χ3n) is 2.02. The van der Waals surface area contributed by atoms with E-state index in [0.717, 1.165) is 5.56 Å². The summed E-state index contributed by atoms with van der Waals surface area (Å²) in [6.45, 7) is 1.85. The van der Waals surface area contributed by atoms with E-state index in [4.69, 9.17) is 4.74 Å². The summed E-state index contributed by atoms with van der Waals surface area (Å²) in [5, 5.41) is 2.69. The Kier molecular flexibility index (Phi) is 1.96. The fourth-order valence-corrected chi connectivity index (χ4v) is 1.44. The molecule has 4 heteroatoms. The zero-order chi connectivity index (χ0) is 10.1. The summed E-state index contributed by atoms with van der Waals surface area (Å²) in [6, 6.07) is 4.98. The smallest absolute Gasteiger partial charge is 0.308 e. The first-order valence-corrected chi connectivity index (χ1v) is 4.26. The molecule has 0 saturated carbocycles. The lowest BCUT2D eigenvalue weighted by molar-refractivity contribution is -0.131. The van der Waals surface area contributed by atoms with Gasteiger partial charge in [-0.15, -0.1) is 0 Å². The minimum Gasteiger partial charge on any atom is -0.427 e. The molecule has 0 bridgehead atoms. The second-order valence-electron chi connectivity index (χ2n) is 3.10. The monoisotopic (exact) mass is 191 g/mol. The number of hydrogen-bond acceptors (Lipinski definition) is 3. The number of ether oxygens (including phenoxy) is 1. The van der Waals surface area contributed by atoms with Gasteiger partial charge in [-0.3, -0.25) is 9.59 Å². The first kappa shape index (κ1) is 8.74. The van der Waals surface area contributed by atoms with Crippen LogP contribution in [-0.4, -0.2) is 11.9 Å². The molecule has 1 aliphatic rings. The summed E-state index contributed by atoms with van der Waals surface area (Å²) >= 11 is 0. The number of fused-ring (bicyclic) bond motifs is 1. The van der Waals surface area contributed by atoms with Crippen molar-refractivity contribution in [1.82, 2.24) is 5.32 Å². The number of carbonyl (C=O) groups is 2. The van der Waals surface area contributed by atoms with Gasteiger partial charge in [0, 0.05) is 19.0 Å². The maximum atomic E-state index is 11.2. The fraction of sp³-hybridized carbons (Fsp3) is 0.200. The van der Waals surface area contributed by atoms with E-state index in [1.165, 1.54) is 6.92 Å². The van der Waals surface area contributed by atoms with Crippen molar-refractivity contribution < 1.29 is 14.3 Å². The number of nitrogens with one attached hydrogen (secondary N) is 1.